The Morgan fingerprint density at radius 3 is 3.00 bits per heavy atom. The van der Waals surface area contributed by atoms with Crippen LogP contribution in [0.25, 0.3) is 0 Å². The van der Waals surface area contributed by atoms with Crippen LogP contribution in [0.5, 0.6) is 0 Å². The Kier molecular flexibility index (Phi) is 2.37. The molecule has 2 nitrogen and oxygen atoms in total. The standard InChI is InChI=1S/C10H20N2/c1-3-12-7-9-4-10(8(12)2)6-11-5-9/h8-11H,3-7H2,1-2H3. The highest BCUT2D eigenvalue weighted by atomic mass is 15.2. The normalized spacial score (nSPS) is 43.0. The molecule has 70 valence electrons. The predicted octanol–water partition coefficient (Wildman–Crippen LogP) is 0.936. The molecule has 12 heavy (non-hydrogen) atoms. The molecule has 2 saturated heterocycles. The van der Waals surface area contributed by atoms with Gasteiger partial charge in [0.2, 0.25) is 0 Å². The molecule has 0 aliphatic carbocycles. The van der Waals surface area contributed by atoms with Crippen LogP contribution in [-0.4, -0.2) is 37.1 Å². The molecule has 2 heterocycles. The van der Waals surface area contributed by atoms with E-state index >= 15 is 0 Å². The second-order valence-corrected chi connectivity index (χ2v) is 4.35. The Hall–Kier alpha value is -0.0800. The van der Waals surface area contributed by atoms with Crippen LogP contribution in [0.1, 0.15) is 20.3 Å². The molecule has 0 amide bonds. The van der Waals surface area contributed by atoms with E-state index in [1.54, 1.807) is 0 Å². The van der Waals surface area contributed by atoms with Crippen LogP contribution in [0.4, 0.5) is 0 Å². The molecule has 3 unspecified atom stereocenters. The summed E-state index contributed by atoms with van der Waals surface area (Å²) in [5.74, 6) is 1.84. The molecule has 2 fully saturated rings. The van der Waals surface area contributed by atoms with Gasteiger partial charge in [-0.3, -0.25) is 0 Å². The maximum absolute atomic E-state index is 3.54. The molecule has 2 rings (SSSR count). The third-order valence-corrected chi connectivity index (χ3v) is 3.63. The van der Waals surface area contributed by atoms with Crippen molar-refractivity contribution in [3.63, 3.8) is 0 Å². The topological polar surface area (TPSA) is 15.3 Å². The van der Waals surface area contributed by atoms with Gasteiger partial charge < -0.3 is 10.2 Å². The highest BCUT2D eigenvalue weighted by molar-refractivity contribution is 4.90. The molecule has 0 aromatic carbocycles. The maximum atomic E-state index is 3.54. The molecule has 0 aromatic rings. The van der Waals surface area contributed by atoms with Gasteiger partial charge in [-0.1, -0.05) is 6.92 Å². The summed E-state index contributed by atoms with van der Waals surface area (Å²) in [6.45, 7) is 9.71. The minimum absolute atomic E-state index is 0.805. The third kappa shape index (κ3) is 1.38. The maximum Gasteiger partial charge on any atom is 0.0107 e. The highest BCUT2D eigenvalue weighted by Crippen LogP contribution is 2.29. The average molecular weight is 168 g/mol. The fourth-order valence-electron chi connectivity index (χ4n) is 2.79. The summed E-state index contributed by atoms with van der Waals surface area (Å²) in [7, 11) is 0. The zero-order valence-electron chi connectivity index (χ0n) is 8.21. The van der Waals surface area contributed by atoms with Crippen molar-refractivity contribution >= 4 is 0 Å². The molecule has 1 N–H and O–H groups in total. The van der Waals surface area contributed by atoms with E-state index in [2.05, 4.69) is 24.1 Å². The first-order chi connectivity index (χ1) is 5.81. The average Bonchev–Trinajstić information content (AvgIpc) is 2.12. The summed E-state index contributed by atoms with van der Waals surface area (Å²) in [5.41, 5.74) is 0. The van der Waals surface area contributed by atoms with E-state index in [9.17, 15) is 0 Å². The second-order valence-electron chi connectivity index (χ2n) is 4.35. The number of likely N-dealkylation sites (tertiary alicyclic amines) is 1. The number of fused-ring (bicyclic) bond motifs is 2. The molecule has 0 radical (unpaired) electrons. The summed E-state index contributed by atoms with van der Waals surface area (Å²) in [6, 6.07) is 0.805. The first kappa shape index (κ1) is 8.52. The van der Waals surface area contributed by atoms with Crippen molar-refractivity contribution in [3.8, 4) is 0 Å². The first-order valence-electron chi connectivity index (χ1n) is 5.26. The quantitative estimate of drug-likeness (QED) is 0.627. The predicted molar refractivity (Wildman–Crippen MR) is 51.2 cm³/mol. The molecule has 2 heteroatoms. The van der Waals surface area contributed by atoms with Gasteiger partial charge >= 0.3 is 0 Å². The Balaban J connectivity index is 2.03. The number of rotatable bonds is 1. The molecule has 2 bridgehead atoms. The smallest absolute Gasteiger partial charge is 0.0107 e. The number of nitrogens with one attached hydrogen (secondary N) is 1. The van der Waals surface area contributed by atoms with Crippen LogP contribution in [0.3, 0.4) is 0 Å². The van der Waals surface area contributed by atoms with Crippen molar-refractivity contribution in [2.45, 2.75) is 26.3 Å². The summed E-state index contributed by atoms with van der Waals surface area (Å²) >= 11 is 0. The van der Waals surface area contributed by atoms with Crippen molar-refractivity contribution < 1.29 is 0 Å². The minimum Gasteiger partial charge on any atom is -0.316 e. The Morgan fingerprint density at radius 1 is 1.42 bits per heavy atom. The fourth-order valence-corrected chi connectivity index (χ4v) is 2.79. The Labute approximate surface area is 75.3 Å². The molecule has 2 aliphatic heterocycles. The van der Waals surface area contributed by atoms with Gasteiger partial charge in [-0.2, -0.15) is 0 Å². The number of hydrogen-bond acceptors (Lipinski definition) is 2. The minimum atomic E-state index is 0.805. The Morgan fingerprint density at radius 2 is 2.25 bits per heavy atom. The van der Waals surface area contributed by atoms with E-state index < -0.39 is 0 Å². The summed E-state index contributed by atoms with van der Waals surface area (Å²) in [4.78, 5) is 2.64. The van der Waals surface area contributed by atoms with Gasteiger partial charge in [0.05, 0.1) is 0 Å². The lowest BCUT2D eigenvalue weighted by Gasteiger charge is -2.46. The monoisotopic (exact) mass is 168 g/mol. The molecule has 3 atom stereocenters. The van der Waals surface area contributed by atoms with Crippen LogP contribution in [0.2, 0.25) is 0 Å². The van der Waals surface area contributed by atoms with Gasteiger partial charge in [-0.05, 0) is 44.8 Å². The lowest BCUT2D eigenvalue weighted by atomic mass is 9.81. The van der Waals surface area contributed by atoms with E-state index in [0.29, 0.717) is 0 Å². The third-order valence-electron chi connectivity index (χ3n) is 3.63. The summed E-state index contributed by atoms with van der Waals surface area (Å²) in [5, 5.41) is 3.54. The summed E-state index contributed by atoms with van der Waals surface area (Å²) in [6.07, 6.45) is 1.46. The van der Waals surface area contributed by atoms with Crippen LogP contribution in [0, 0.1) is 11.8 Å². The van der Waals surface area contributed by atoms with E-state index in [1.807, 2.05) is 0 Å². The van der Waals surface area contributed by atoms with Gasteiger partial charge in [-0.25, -0.2) is 0 Å². The number of piperidine rings is 2. The lowest BCUT2D eigenvalue weighted by Crippen LogP contribution is -2.55. The number of nitrogens with zero attached hydrogens (tertiary/aromatic N) is 1. The molecule has 0 saturated carbocycles. The van der Waals surface area contributed by atoms with E-state index in [-0.39, 0.29) is 0 Å². The second kappa shape index (κ2) is 3.35. The van der Waals surface area contributed by atoms with Crippen molar-refractivity contribution in [1.82, 2.24) is 10.2 Å². The van der Waals surface area contributed by atoms with E-state index in [4.69, 9.17) is 0 Å². The van der Waals surface area contributed by atoms with Gasteiger partial charge in [0.15, 0.2) is 0 Å². The molecule has 0 aromatic heterocycles. The van der Waals surface area contributed by atoms with E-state index in [0.717, 1.165) is 17.9 Å². The van der Waals surface area contributed by atoms with Crippen molar-refractivity contribution in [1.29, 1.82) is 0 Å². The molecular formula is C10H20N2. The van der Waals surface area contributed by atoms with Crippen molar-refractivity contribution in [3.05, 3.63) is 0 Å². The highest BCUT2D eigenvalue weighted by Gasteiger charge is 2.34. The zero-order valence-corrected chi connectivity index (χ0v) is 8.21. The van der Waals surface area contributed by atoms with Crippen LogP contribution >= 0.6 is 0 Å². The van der Waals surface area contributed by atoms with Gasteiger partial charge in [-0.15, -0.1) is 0 Å². The van der Waals surface area contributed by atoms with Crippen LogP contribution in [0.15, 0.2) is 0 Å². The van der Waals surface area contributed by atoms with Gasteiger partial charge in [0, 0.05) is 12.6 Å². The zero-order chi connectivity index (χ0) is 8.55. The molecule has 0 spiro atoms. The van der Waals surface area contributed by atoms with Crippen molar-refractivity contribution in [2.24, 2.45) is 11.8 Å². The number of hydrogen-bond donors (Lipinski definition) is 1. The van der Waals surface area contributed by atoms with Gasteiger partial charge in [0.25, 0.3) is 0 Å². The van der Waals surface area contributed by atoms with Gasteiger partial charge in [0.1, 0.15) is 0 Å². The first-order valence-corrected chi connectivity index (χ1v) is 5.26. The lowest BCUT2D eigenvalue weighted by molar-refractivity contribution is 0.0483. The SMILES string of the molecule is CCN1CC2CNCC(C2)C1C. The molecule has 2 aliphatic rings. The largest absolute Gasteiger partial charge is 0.316 e. The summed E-state index contributed by atoms with van der Waals surface area (Å²) < 4.78 is 0. The van der Waals surface area contributed by atoms with Crippen LogP contribution < -0.4 is 5.32 Å². The van der Waals surface area contributed by atoms with Crippen LogP contribution in [-0.2, 0) is 0 Å². The Bertz CT molecular complexity index is 156. The molecular weight excluding hydrogens is 148 g/mol. The van der Waals surface area contributed by atoms with Crippen molar-refractivity contribution in [2.75, 3.05) is 26.2 Å². The van der Waals surface area contributed by atoms with E-state index in [1.165, 1.54) is 32.6 Å². The fraction of sp³-hybridized carbons (Fsp3) is 1.00.